The van der Waals surface area contributed by atoms with E-state index in [9.17, 15) is 0 Å². The Balaban J connectivity index is 0.000000770. The molecule has 1 rings (SSSR count). The predicted octanol–water partition coefficient (Wildman–Crippen LogP) is 5.25. The Morgan fingerprint density at radius 2 is 1.29 bits per heavy atom. The van der Waals surface area contributed by atoms with Crippen LogP contribution in [0.3, 0.4) is 0 Å². The van der Waals surface area contributed by atoms with E-state index in [-0.39, 0.29) is 0 Å². The van der Waals surface area contributed by atoms with Crippen LogP contribution in [0.4, 0.5) is 0 Å². The van der Waals surface area contributed by atoms with Crippen molar-refractivity contribution in [3.8, 4) is 0 Å². The molecule has 0 saturated carbocycles. The number of thioether (sulfide) groups is 4. The van der Waals surface area contributed by atoms with E-state index in [1.807, 2.05) is 11.8 Å². The van der Waals surface area contributed by atoms with Gasteiger partial charge in [-0.1, -0.05) is 0 Å². The van der Waals surface area contributed by atoms with Crippen LogP contribution in [0.25, 0.3) is 0 Å². The van der Waals surface area contributed by atoms with Crippen LogP contribution in [0, 0.1) is 5.75 Å². The fraction of sp³-hybridized carbons (Fsp3) is 0.900. The van der Waals surface area contributed by atoms with Gasteiger partial charge in [0, 0.05) is 11.5 Å². The Morgan fingerprint density at radius 1 is 0.765 bits per heavy atom. The Labute approximate surface area is 138 Å². The topological polar surface area (TPSA) is 0 Å². The summed E-state index contributed by atoms with van der Waals surface area (Å²) in [5, 5.41) is 0. The van der Waals surface area contributed by atoms with Gasteiger partial charge in [-0.15, -0.1) is 5.75 Å². The van der Waals surface area contributed by atoms with E-state index in [1.165, 1.54) is 53.1 Å². The van der Waals surface area contributed by atoms with Crippen molar-refractivity contribution in [3.63, 3.8) is 0 Å². The molecule has 0 spiro atoms. The molecule has 0 nitrogen and oxygen atoms in total. The normalized spacial score (nSPS) is 21.1. The molecule has 0 aliphatic carbocycles. The molecule has 0 aromatic carbocycles. The van der Waals surface area contributed by atoms with Crippen molar-refractivity contribution in [2.45, 2.75) is 12.8 Å². The van der Waals surface area contributed by atoms with Gasteiger partial charge in [0.05, 0.1) is 0 Å². The van der Waals surface area contributed by atoms with Gasteiger partial charge < -0.3 is 11.8 Å². The van der Waals surface area contributed by atoms with Crippen molar-refractivity contribution in [1.29, 1.82) is 0 Å². The second-order valence-corrected chi connectivity index (χ2v) is 9.49. The number of halogens is 2. The maximum atomic E-state index is 4.73. The molecule has 106 valence electrons. The van der Waals surface area contributed by atoms with E-state index in [2.05, 4.69) is 41.0 Å². The van der Waals surface area contributed by atoms with Gasteiger partial charge in [-0.05, 0) is 35.9 Å². The zero-order valence-electron chi connectivity index (χ0n) is 9.66. The first-order valence-corrected chi connectivity index (χ1v) is 12.8. The second kappa shape index (κ2) is 18.5. The molecule has 0 atom stereocenters. The van der Waals surface area contributed by atoms with Crippen LogP contribution < -0.4 is 0 Å². The molecule has 0 radical (unpaired) electrons. The van der Waals surface area contributed by atoms with E-state index < -0.39 is 0 Å². The van der Waals surface area contributed by atoms with E-state index in [4.69, 9.17) is 20.3 Å². The molecule has 1 fully saturated rings. The van der Waals surface area contributed by atoms with Crippen molar-refractivity contribution in [2.75, 3.05) is 40.3 Å². The van der Waals surface area contributed by atoms with Crippen LogP contribution in [0.2, 0.25) is 0 Å². The zero-order chi connectivity index (χ0) is 12.6. The predicted molar refractivity (Wildman–Crippen MR) is 89.7 cm³/mol. The molecule has 0 unspecified atom stereocenters. The van der Waals surface area contributed by atoms with Gasteiger partial charge in [0.1, 0.15) is 0 Å². The molecule has 0 amide bonds. The summed E-state index contributed by atoms with van der Waals surface area (Å²) in [7, 11) is 9.47. The molecule has 1 aliphatic rings. The summed E-state index contributed by atoms with van der Waals surface area (Å²) in [6.45, 7) is 0. The van der Waals surface area contributed by atoms with Gasteiger partial charge in [-0.2, -0.15) is 35.3 Å². The standard InChI is InChI=1S/C10H19S4.2ClH.Co/c1-3-11-7-9-13-5-2-6-14-10-8-12-4-1;;;/h7H,1-6,8-10H2;2*1H;/q-1;;;+3/p-2. The fourth-order valence-electron chi connectivity index (χ4n) is 1.09. The molecule has 1 saturated heterocycles. The molecule has 1 aliphatic heterocycles. The van der Waals surface area contributed by atoms with Crippen LogP contribution in [0.5, 0.6) is 0 Å². The van der Waals surface area contributed by atoms with Crippen LogP contribution in [-0.4, -0.2) is 40.3 Å². The fourth-order valence-corrected chi connectivity index (χ4v) is 5.27. The number of hydrogen-bond acceptors (Lipinski definition) is 4. The summed E-state index contributed by atoms with van der Waals surface area (Å²) >= 11 is 8.74. The van der Waals surface area contributed by atoms with Crippen LogP contribution in [0.15, 0.2) is 0 Å². The molecule has 17 heavy (non-hydrogen) atoms. The molecule has 0 aromatic rings. The third-order valence-electron chi connectivity index (χ3n) is 1.80. The third-order valence-corrected chi connectivity index (χ3v) is 6.32. The Kier molecular flexibility index (Phi) is 21.2. The summed E-state index contributed by atoms with van der Waals surface area (Å²) in [5.41, 5.74) is 0. The van der Waals surface area contributed by atoms with E-state index >= 15 is 0 Å². The SMILES string of the molecule is [CH-]1CSCCCSCCSCCCS1.[Cl][Co+][Cl]. The van der Waals surface area contributed by atoms with Gasteiger partial charge in [-0.25, -0.2) is 0 Å². The Bertz CT molecular complexity index is 90.2. The van der Waals surface area contributed by atoms with Gasteiger partial charge >= 0.3 is 33.2 Å². The van der Waals surface area contributed by atoms with E-state index in [0.717, 1.165) is 0 Å². The summed E-state index contributed by atoms with van der Waals surface area (Å²) in [5.74, 6) is 11.7. The van der Waals surface area contributed by atoms with E-state index in [1.54, 1.807) is 0 Å². The first kappa shape index (κ1) is 19.5. The summed E-state index contributed by atoms with van der Waals surface area (Å²) in [6, 6.07) is 0. The monoisotopic (exact) mass is 396 g/mol. The van der Waals surface area contributed by atoms with Gasteiger partial charge in [0.15, 0.2) is 0 Å². The quantitative estimate of drug-likeness (QED) is 0.512. The molecule has 0 bridgehead atoms. The number of rotatable bonds is 0. The minimum absolute atomic E-state index is 0.382. The molecule has 7 heteroatoms. The summed E-state index contributed by atoms with van der Waals surface area (Å²) in [4.78, 5) is 0. The Hall–Kier alpha value is 2.49. The molecule has 1 heterocycles. The minimum atomic E-state index is 0.382. The average molecular weight is 397 g/mol. The second-order valence-electron chi connectivity index (χ2n) is 3.09. The average Bonchev–Trinajstić information content (AvgIpc) is 2.33. The maximum absolute atomic E-state index is 4.73. The van der Waals surface area contributed by atoms with Crippen LogP contribution >= 0.6 is 67.3 Å². The zero-order valence-corrected chi connectivity index (χ0v) is 15.5. The van der Waals surface area contributed by atoms with Crippen molar-refractivity contribution in [2.24, 2.45) is 0 Å². The van der Waals surface area contributed by atoms with Crippen molar-refractivity contribution < 1.29 is 12.9 Å². The van der Waals surface area contributed by atoms with Gasteiger partial charge in [0.2, 0.25) is 0 Å². The molecular weight excluding hydrogens is 378 g/mol. The van der Waals surface area contributed by atoms with Crippen molar-refractivity contribution in [3.05, 3.63) is 5.75 Å². The Morgan fingerprint density at radius 3 is 1.94 bits per heavy atom. The first-order valence-electron chi connectivity index (χ1n) is 5.42. The van der Waals surface area contributed by atoms with Gasteiger partial charge in [0.25, 0.3) is 0 Å². The molecule has 0 N–H and O–H groups in total. The van der Waals surface area contributed by atoms with Crippen LogP contribution in [0.1, 0.15) is 12.8 Å². The third kappa shape index (κ3) is 18.5. The van der Waals surface area contributed by atoms with Crippen LogP contribution in [-0.2, 0) is 12.9 Å². The molecular formula is C10H19Cl2CoS4. The first-order chi connectivity index (χ1) is 8.41. The van der Waals surface area contributed by atoms with E-state index in [0.29, 0.717) is 12.9 Å². The van der Waals surface area contributed by atoms with Gasteiger partial charge in [-0.3, -0.25) is 5.75 Å². The number of hydrogen-bond donors (Lipinski definition) is 0. The van der Waals surface area contributed by atoms with Crippen molar-refractivity contribution >= 4 is 67.3 Å². The summed E-state index contributed by atoms with van der Waals surface area (Å²) < 4.78 is 0. The molecule has 0 aromatic heterocycles. The summed E-state index contributed by atoms with van der Waals surface area (Å²) in [6.07, 6.45) is 2.76. The van der Waals surface area contributed by atoms with Crippen molar-refractivity contribution in [1.82, 2.24) is 0 Å².